The van der Waals surface area contributed by atoms with Gasteiger partial charge in [-0.2, -0.15) is 24.3 Å². The van der Waals surface area contributed by atoms with Gasteiger partial charge in [0.15, 0.2) is 0 Å². The van der Waals surface area contributed by atoms with Crippen molar-refractivity contribution in [1.29, 1.82) is 0 Å². The molecule has 35 heavy (non-hydrogen) atoms. The molecule has 0 aliphatic heterocycles. The molecular weight excluding hydrogens is 611 g/mol. The van der Waals surface area contributed by atoms with E-state index in [2.05, 4.69) is 74.6 Å². The van der Waals surface area contributed by atoms with Crippen LogP contribution in [0.2, 0.25) is 0 Å². The number of para-hydroxylation sites is 5. The van der Waals surface area contributed by atoms with E-state index in [-0.39, 0.29) is 21.1 Å². The van der Waals surface area contributed by atoms with Crippen molar-refractivity contribution in [2.75, 3.05) is 0 Å². The molecule has 0 atom stereocenters. The number of fused-ring (bicyclic) bond motifs is 5. The normalized spacial score (nSPS) is 10.6. The largest absolute Gasteiger partial charge is 2.00 e. The molecule has 0 saturated carbocycles. The second-order valence-corrected chi connectivity index (χ2v) is 7.80. The predicted octanol–water partition coefficient (Wildman–Crippen LogP) is 6.78. The minimum Gasteiger partial charge on any atom is -0.305 e. The van der Waals surface area contributed by atoms with Gasteiger partial charge in [-0.05, 0) is 36.0 Å². The number of nitrogens with zero attached hydrogens (tertiary/aromatic N) is 4. The zero-order valence-corrected chi connectivity index (χ0v) is 20.9. The molecule has 0 aliphatic carbocycles. The Bertz CT molecular complexity index is 1650. The van der Waals surface area contributed by atoms with Gasteiger partial charge in [0.2, 0.25) is 5.78 Å². The summed E-state index contributed by atoms with van der Waals surface area (Å²) in [6.07, 6.45) is 1.79. The van der Waals surface area contributed by atoms with Gasteiger partial charge in [0.1, 0.15) is 0 Å². The van der Waals surface area contributed by atoms with Crippen LogP contribution in [0.5, 0.6) is 0 Å². The van der Waals surface area contributed by atoms with Gasteiger partial charge in [0.25, 0.3) is 0 Å². The van der Waals surface area contributed by atoms with E-state index < -0.39 is 0 Å². The van der Waals surface area contributed by atoms with E-state index in [1.165, 1.54) is 0 Å². The van der Waals surface area contributed by atoms with Crippen LogP contribution < -0.4 is 0 Å². The van der Waals surface area contributed by atoms with Crippen LogP contribution >= 0.6 is 0 Å². The van der Waals surface area contributed by atoms with Crippen LogP contribution in [0.3, 0.4) is 0 Å². The summed E-state index contributed by atoms with van der Waals surface area (Å²) in [7, 11) is 0. The maximum atomic E-state index is 4.83. The van der Waals surface area contributed by atoms with Crippen molar-refractivity contribution in [3.8, 4) is 16.9 Å². The van der Waals surface area contributed by atoms with E-state index >= 15 is 0 Å². The zero-order chi connectivity index (χ0) is 22.7. The van der Waals surface area contributed by atoms with Crippen molar-refractivity contribution in [3.05, 3.63) is 134 Å². The van der Waals surface area contributed by atoms with Crippen LogP contribution in [0.15, 0.2) is 121 Å². The first-order chi connectivity index (χ1) is 16.9. The van der Waals surface area contributed by atoms with E-state index in [9.17, 15) is 0 Å². The second-order valence-electron chi connectivity index (χ2n) is 7.80. The van der Waals surface area contributed by atoms with Gasteiger partial charge < -0.3 is 9.55 Å². The summed E-state index contributed by atoms with van der Waals surface area (Å²) in [6.45, 7) is 0. The van der Waals surface area contributed by atoms with E-state index in [1.54, 1.807) is 6.20 Å². The van der Waals surface area contributed by atoms with Gasteiger partial charge in [-0.15, -0.1) is 42.0 Å². The van der Waals surface area contributed by atoms with Gasteiger partial charge >= 0.3 is 21.1 Å². The number of benzene rings is 4. The quantitative estimate of drug-likeness (QED) is 0.197. The van der Waals surface area contributed by atoms with E-state index in [4.69, 9.17) is 4.98 Å². The van der Waals surface area contributed by atoms with Crippen LogP contribution in [-0.4, -0.2) is 18.9 Å². The van der Waals surface area contributed by atoms with Crippen molar-refractivity contribution in [2.24, 2.45) is 0 Å². The number of pyridine rings is 1. The molecule has 0 bridgehead atoms. The molecule has 0 amide bonds. The third kappa shape index (κ3) is 4.29. The Labute approximate surface area is 217 Å². The Morgan fingerprint density at radius 3 is 2.00 bits per heavy atom. The molecular formula is C30H20N4Pt. The average Bonchev–Trinajstić information content (AvgIpc) is 3.45. The Morgan fingerprint density at radius 2 is 1.29 bits per heavy atom. The van der Waals surface area contributed by atoms with Crippen LogP contribution in [-0.2, 0) is 21.1 Å². The fourth-order valence-electron chi connectivity index (χ4n) is 4.19. The summed E-state index contributed by atoms with van der Waals surface area (Å²) in [5.41, 5.74) is 7.44. The van der Waals surface area contributed by atoms with Gasteiger partial charge in [0.05, 0.1) is 22.1 Å². The Balaban J connectivity index is 0.000000167. The standard InChI is InChI=1S/C19H12N3.C11H8N.Pt/c1-2-8-14(9-3-1)21-17-12-6-7-13-18(17)22-16-11-5-4-10-15(16)20-19(21)22;1-2-6-10(7-3-1)11-8-4-5-9-12-11;/h1-8,10-13H;1-6,8-9H;/q2*-1;+2. The molecule has 0 spiro atoms. The second kappa shape index (κ2) is 10.1. The summed E-state index contributed by atoms with van der Waals surface area (Å²) in [6, 6.07) is 44.8. The molecule has 0 fully saturated rings. The van der Waals surface area contributed by atoms with Crippen LogP contribution in [0.4, 0.5) is 0 Å². The molecule has 7 rings (SSSR count). The first kappa shape index (κ1) is 22.8. The number of aromatic nitrogens is 4. The third-order valence-corrected chi connectivity index (χ3v) is 5.69. The molecule has 0 N–H and O–H groups in total. The van der Waals surface area contributed by atoms with Crippen LogP contribution in [0.1, 0.15) is 0 Å². The first-order valence-electron chi connectivity index (χ1n) is 11.1. The fourth-order valence-corrected chi connectivity index (χ4v) is 4.19. The van der Waals surface area contributed by atoms with Crippen LogP contribution in [0.25, 0.3) is 44.8 Å². The molecule has 0 radical (unpaired) electrons. The summed E-state index contributed by atoms with van der Waals surface area (Å²) in [4.78, 5) is 9.05. The monoisotopic (exact) mass is 631 g/mol. The maximum Gasteiger partial charge on any atom is 2.00 e. The predicted molar refractivity (Wildman–Crippen MR) is 137 cm³/mol. The Hall–Kier alpha value is -4.01. The minimum absolute atomic E-state index is 0. The molecule has 0 saturated heterocycles. The molecule has 0 aliphatic rings. The van der Waals surface area contributed by atoms with Crippen LogP contribution in [0, 0.1) is 12.1 Å². The molecule has 0 unspecified atom stereocenters. The molecule has 3 aromatic heterocycles. The van der Waals surface area contributed by atoms with Gasteiger partial charge in [-0.1, -0.05) is 42.1 Å². The third-order valence-electron chi connectivity index (χ3n) is 5.69. The van der Waals surface area contributed by atoms with E-state index in [0.29, 0.717) is 0 Å². The number of rotatable bonds is 2. The van der Waals surface area contributed by atoms with Crippen molar-refractivity contribution in [2.45, 2.75) is 0 Å². The SMILES string of the molecule is [Pt+2].[c-]1ccccc1-c1ccccn1.[c-]1ccccc1-n1c2ccccc2n2c3ccccc3nc12. The van der Waals surface area contributed by atoms with Crippen molar-refractivity contribution < 1.29 is 21.1 Å². The van der Waals surface area contributed by atoms with Gasteiger partial charge in [0, 0.05) is 6.20 Å². The Kier molecular flexibility index (Phi) is 6.56. The zero-order valence-electron chi connectivity index (χ0n) is 18.7. The average molecular weight is 632 g/mol. The molecule has 3 heterocycles. The minimum atomic E-state index is 0. The number of imidazole rings is 2. The first-order valence-corrected chi connectivity index (χ1v) is 11.1. The molecule has 4 nitrogen and oxygen atoms in total. The van der Waals surface area contributed by atoms with Crippen molar-refractivity contribution in [1.82, 2.24) is 18.9 Å². The summed E-state index contributed by atoms with van der Waals surface area (Å²) < 4.78 is 4.38. The van der Waals surface area contributed by atoms with Crippen molar-refractivity contribution >= 4 is 27.8 Å². The maximum absolute atomic E-state index is 4.83. The van der Waals surface area contributed by atoms with Gasteiger partial charge in [-0.25, -0.2) is 4.98 Å². The topological polar surface area (TPSA) is 35.1 Å². The van der Waals surface area contributed by atoms with E-state index in [1.807, 2.05) is 66.7 Å². The summed E-state index contributed by atoms with van der Waals surface area (Å²) in [5, 5.41) is 0. The fraction of sp³-hybridized carbons (Fsp3) is 0. The van der Waals surface area contributed by atoms with Gasteiger partial charge in [-0.3, -0.25) is 4.40 Å². The summed E-state index contributed by atoms with van der Waals surface area (Å²) in [5.74, 6) is 0.921. The van der Waals surface area contributed by atoms with Crippen molar-refractivity contribution in [3.63, 3.8) is 0 Å². The Morgan fingerprint density at radius 1 is 0.600 bits per heavy atom. The molecule has 4 aromatic carbocycles. The molecule has 170 valence electrons. The molecule has 7 aromatic rings. The molecule has 5 heteroatoms. The number of hydrogen-bond acceptors (Lipinski definition) is 2. The summed E-state index contributed by atoms with van der Waals surface area (Å²) >= 11 is 0. The number of hydrogen-bond donors (Lipinski definition) is 0. The smallest absolute Gasteiger partial charge is 0.305 e. The van der Waals surface area contributed by atoms with E-state index in [0.717, 1.165) is 44.8 Å².